The van der Waals surface area contributed by atoms with Crippen molar-refractivity contribution in [1.29, 1.82) is 0 Å². The van der Waals surface area contributed by atoms with Crippen molar-refractivity contribution in [1.82, 2.24) is 19.9 Å². The van der Waals surface area contributed by atoms with E-state index >= 15 is 0 Å². The van der Waals surface area contributed by atoms with E-state index in [1.54, 1.807) is 36.7 Å². The predicted octanol–water partition coefficient (Wildman–Crippen LogP) is 1.42. The van der Waals surface area contributed by atoms with Crippen LogP contribution in [0.25, 0.3) is 22.5 Å². The monoisotopic (exact) mass is 412 g/mol. The summed E-state index contributed by atoms with van der Waals surface area (Å²) in [7, 11) is -3.27. The molecule has 0 amide bonds. The highest BCUT2D eigenvalue weighted by Crippen LogP contribution is 2.27. The van der Waals surface area contributed by atoms with Crippen LogP contribution in [0.15, 0.2) is 47.6 Å². The van der Waals surface area contributed by atoms with Crippen molar-refractivity contribution in [3.8, 4) is 22.5 Å². The van der Waals surface area contributed by atoms with Gasteiger partial charge in [0.1, 0.15) is 0 Å². The second-order valence-electron chi connectivity index (χ2n) is 6.66. The molecule has 1 aliphatic rings. The smallest absolute Gasteiger partial charge is 0.226 e. The van der Waals surface area contributed by atoms with Gasteiger partial charge in [-0.25, -0.2) is 28.4 Å². The first-order valence-electron chi connectivity index (χ1n) is 9.00. The molecule has 1 fully saturated rings. The van der Waals surface area contributed by atoms with Crippen LogP contribution in [0.1, 0.15) is 0 Å². The van der Waals surface area contributed by atoms with Crippen LogP contribution in [0.2, 0.25) is 0 Å². The summed E-state index contributed by atoms with van der Waals surface area (Å²) in [5.74, 6) is 0.762. The lowest BCUT2D eigenvalue weighted by Gasteiger charge is -2.27. The molecule has 1 aliphatic heterocycles. The molecule has 1 aromatic carbocycles. The van der Waals surface area contributed by atoms with Gasteiger partial charge in [-0.05, 0) is 18.2 Å². The minimum Gasteiger partial charge on any atom is -0.378 e. The Balaban J connectivity index is 1.79. The molecule has 9 nitrogen and oxygen atoms in total. The summed E-state index contributed by atoms with van der Waals surface area (Å²) in [6.45, 7) is 2.59. The van der Waals surface area contributed by atoms with E-state index in [0.29, 0.717) is 49.2 Å². The van der Waals surface area contributed by atoms with Crippen LogP contribution < -0.4 is 10.6 Å². The maximum Gasteiger partial charge on any atom is 0.226 e. The van der Waals surface area contributed by atoms with Crippen molar-refractivity contribution < 1.29 is 13.2 Å². The van der Waals surface area contributed by atoms with Gasteiger partial charge in [0.15, 0.2) is 9.84 Å². The number of benzene rings is 1. The molecular weight excluding hydrogens is 392 g/mol. The largest absolute Gasteiger partial charge is 0.378 e. The number of hydrogen-bond acceptors (Lipinski definition) is 9. The van der Waals surface area contributed by atoms with Gasteiger partial charge < -0.3 is 15.4 Å². The summed E-state index contributed by atoms with van der Waals surface area (Å²) in [5.41, 5.74) is 8.42. The third kappa shape index (κ3) is 4.33. The molecule has 29 heavy (non-hydrogen) atoms. The number of hydrogen-bond donors (Lipinski definition) is 1. The van der Waals surface area contributed by atoms with Gasteiger partial charge in [-0.3, -0.25) is 0 Å². The van der Waals surface area contributed by atoms with Crippen molar-refractivity contribution in [2.75, 3.05) is 43.2 Å². The molecule has 0 saturated carbocycles. The highest BCUT2D eigenvalue weighted by molar-refractivity contribution is 7.90. The predicted molar refractivity (Wildman–Crippen MR) is 109 cm³/mol. The summed E-state index contributed by atoms with van der Waals surface area (Å²) < 4.78 is 28.9. The van der Waals surface area contributed by atoms with Crippen molar-refractivity contribution in [2.45, 2.75) is 4.90 Å². The van der Waals surface area contributed by atoms with Crippen LogP contribution in [-0.4, -0.2) is 60.9 Å². The molecule has 0 atom stereocenters. The van der Waals surface area contributed by atoms with Crippen LogP contribution in [0, 0.1) is 0 Å². The number of anilines is 2. The number of sulfone groups is 1. The second-order valence-corrected chi connectivity index (χ2v) is 8.68. The normalized spacial score (nSPS) is 14.7. The molecule has 3 heterocycles. The molecule has 0 unspecified atom stereocenters. The van der Waals surface area contributed by atoms with Gasteiger partial charge in [-0.15, -0.1) is 0 Å². The Kier molecular flexibility index (Phi) is 5.12. The number of nitrogen functional groups attached to an aromatic ring is 1. The summed E-state index contributed by atoms with van der Waals surface area (Å²) in [6.07, 6.45) is 4.41. The van der Waals surface area contributed by atoms with E-state index < -0.39 is 9.84 Å². The third-order valence-electron chi connectivity index (χ3n) is 4.55. The molecule has 10 heteroatoms. The first kappa shape index (κ1) is 19.2. The lowest BCUT2D eigenvalue weighted by Crippen LogP contribution is -2.37. The number of aromatic nitrogens is 4. The van der Waals surface area contributed by atoms with Gasteiger partial charge in [0.2, 0.25) is 11.9 Å². The molecule has 0 bridgehead atoms. The fraction of sp³-hybridized carbons (Fsp3) is 0.263. The highest BCUT2D eigenvalue weighted by Gasteiger charge is 2.17. The van der Waals surface area contributed by atoms with Crippen LogP contribution in [-0.2, 0) is 14.6 Å². The number of morpholine rings is 1. The number of rotatable bonds is 4. The average Bonchev–Trinajstić information content (AvgIpc) is 2.74. The van der Waals surface area contributed by atoms with E-state index in [0.717, 1.165) is 5.56 Å². The van der Waals surface area contributed by atoms with Gasteiger partial charge in [-0.2, -0.15) is 0 Å². The minimum atomic E-state index is -3.27. The molecule has 1 saturated heterocycles. The summed E-state index contributed by atoms with van der Waals surface area (Å²) in [4.78, 5) is 19.8. The zero-order valence-electron chi connectivity index (χ0n) is 15.8. The van der Waals surface area contributed by atoms with Crippen molar-refractivity contribution in [3.63, 3.8) is 0 Å². The van der Waals surface area contributed by atoms with E-state index in [2.05, 4.69) is 19.9 Å². The quantitative estimate of drug-likeness (QED) is 0.677. The topological polar surface area (TPSA) is 124 Å². The molecule has 150 valence electrons. The van der Waals surface area contributed by atoms with Gasteiger partial charge in [-0.1, -0.05) is 12.1 Å². The Labute approximate surface area is 168 Å². The average molecular weight is 412 g/mol. The Hall–Kier alpha value is -3.11. The number of ether oxygens (including phenoxy) is 1. The molecule has 0 spiro atoms. The first-order chi connectivity index (χ1) is 13.9. The maximum absolute atomic E-state index is 11.7. The first-order valence-corrected chi connectivity index (χ1v) is 10.9. The fourth-order valence-electron chi connectivity index (χ4n) is 2.98. The van der Waals surface area contributed by atoms with E-state index in [9.17, 15) is 8.42 Å². The molecule has 0 radical (unpaired) electrons. The molecule has 4 rings (SSSR count). The molecule has 3 aromatic rings. The van der Waals surface area contributed by atoms with Crippen molar-refractivity contribution >= 4 is 21.7 Å². The highest BCUT2D eigenvalue weighted by atomic mass is 32.2. The second kappa shape index (κ2) is 7.72. The zero-order chi connectivity index (χ0) is 20.4. The zero-order valence-corrected chi connectivity index (χ0v) is 16.6. The van der Waals surface area contributed by atoms with E-state index in [4.69, 9.17) is 15.5 Å². The Bertz CT molecular complexity index is 1110. The molecule has 2 aromatic heterocycles. The summed E-state index contributed by atoms with van der Waals surface area (Å²) in [5, 5.41) is 0. The third-order valence-corrected chi connectivity index (χ3v) is 5.68. The van der Waals surface area contributed by atoms with Crippen molar-refractivity contribution in [3.05, 3.63) is 42.7 Å². The van der Waals surface area contributed by atoms with Gasteiger partial charge >= 0.3 is 0 Å². The van der Waals surface area contributed by atoms with Crippen LogP contribution in [0.3, 0.4) is 0 Å². The number of nitrogens with zero attached hydrogens (tertiary/aromatic N) is 5. The van der Waals surface area contributed by atoms with Crippen molar-refractivity contribution in [2.24, 2.45) is 0 Å². The van der Waals surface area contributed by atoms with Gasteiger partial charge in [0, 0.05) is 42.9 Å². The SMILES string of the molecule is CS(=O)(=O)c1ccc(-c2cc(-c3cnc(N)nc3)nc(N3CCOCC3)n2)cc1. The lowest BCUT2D eigenvalue weighted by molar-refractivity contribution is 0.122. The maximum atomic E-state index is 11.7. The standard InChI is InChI=1S/C19H20N6O3S/c1-29(26,27)15-4-2-13(3-5-15)16-10-17(14-11-21-18(20)22-12-14)24-19(23-16)25-6-8-28-9-7-25/h2-5,10-12H,6-9H2,1H3,(H2,20,21,22). The number of nitrogens with two attached hydrogens (primary N) is 1. The summed E-state index contributed by atoms with van der Waals surface area (Å²) >= 11 is 0. The van der Waals surface area contributed by atoms with Crippen LogP contribution in [0.4, 0.5) is 11.9 Å². The molecular formula is C19H20N6O3S. The van der Waals surface area contributed by atoms with Gasteiger partial charge in [0.05, 0.1) is 29.5 Å². The Morgan fingerprint density at radius 1 is 0.966 bits per heavy atom. The summed E-state index contributed by atoms with van der Waals surface area (Å²) in [6, 6.07) is 8.46. The van der Waals surface area contributed by atoms with E-state index in [1.807, 2.05) is 6.07 Å². The fourth-order valence-corrected chi connectivity index (χ4v) is 3.61. The van der Waals surface area contributed by atoms with E-state index in [-0.39, 0.29) is 10.8 Å². The van der Waals surface area contributed by atoms with E-state index in [1.165, 1.54) is 6.26 Å². The molecule has 2 N–H and O–H groups in total. The lowest BCUT2D eigenvalue weighted by atomic mass is 10.1. The molecule has 0 aliphatic carbocycles. The van der Waals surface area contributed by atoms with Crippen LogP contribution >= 0.6 is 0 Å². The van der Waals surface area contributed by atoms with Crippen LogP contribution in [0.5, 0.6) is 0 Å². The van der Waals surface area contributed by atoms with Gasteiger partial charge in [0.25, 0.3) is 0 Å². The Morgan fingerprint density at radius 2 is 1.55 bits per heavy atom. The minimum absolute atomic E-state index is 0.188. The Morgan fingerprint density at radius 3 is 2.14 bits per heavy atom.